The number of nitrogens with zero attached hydrogens (tertiary/aromatic N) is 1. The van der Waals surface area contributed by atoms with Crippen molar-refractivity contribution in [1.82, 2.24) is 10.6 Å². The van der Waals surface area contributed by atoms with Crippen molar-refractivity contribution in [2.24, 2.45) is 10.9 Å². The summed E-state index contributed by atoms with van der Waals surface area (Å²) in [7, 11) is 0.355. The number of sulfone groups is 1. The lowest BCUT2D eigenvalue weighted by Crippen LogP contribution is -2.40. The van der Waals surface area contributed by atoms with Crippen molar-refractivity contribution in [1.29, 1.82) is 0 Å². The van der Waals surface area contributed by atoms with Crippen molar-refractivity contribution >= 4 is 39.8 Å². The Balaban J connectivity index is 0.00000338. The van der Waals surface area contributed by atoms with E-state index >= 15 is 0 Å². The summed E-state index contributed by atoms with van der Waals surface area (Å²) in [5, 5.41) is 6.42. The fraction of sp³-hybridized carbons (Fsp3) is 0.588. The van der Waals surface area contributed by atoms with Gasteiger partial charge in [0.25, 0.3) is 0 Å². The van der Waals surface area contributed by atoms with Crippen molar-refractivity contribution in [3.63, 3.8) is 0 Å². The number of nitrogens with one attached hydrogen (secondary N) is 2. The highest BCUT2D eigenvalue weighted by Crippen LogP contribution is 2.27. The first-order chi connectivity index (χ1) is 12.0. The number of aliphatic imine (C=N–C) groups is 1. The van der Waals surface area contributed by atoms with Crippen LogP contribution in [0, 0.1) is 5.92 Å². The minimum absolute atomic E-state index is 0. The van der Waals surface area contributed by atoms with Crippen LogP contribution in [0.1, 0.15) is 18.9 Å². The molecule has 0 aromatic heterocycles. The summed E-state index contributed by atoms with van der Waals surface area (Å²) in [6.07, 6.45) is 0.713. The maximum absolute atomic E-state index is 11.5. The Morgan fingerprint density at radius 2 is 1.96 bits per heavy atom. The Morgan fingerprint density at radius 3 is 2.54 bits per heavy atom. The number of hydrogen-bond acceptors (Lipinski definition) is 5. The summed E-state index contributed by atoms with van der Waals surface area (Å²) in [5.41, 5.74) is 0.998. The molecule has 2 N–H and O–H groups in total. The normalized spacial score (nSPS) is 18.7. The Morgan fingerprint density at radius 1 is 1.23 bits per heavy atom. The van der Waals surface area contributed by atoms with Gasteiger partial charge in [0.1, 0.15) is 0 Å². The van der Waals surface area contributed by atoms with E-state index in [4.69, 9.17) is 9.47 Å². The molecule has 0 aliphatic carbocycles. The molecule has 1 fully saturated rings. The van der Waals surface area contributed by atoms with Gasteiger partial charge in [0.2, 0.25) is 0 Å². The smallest absolute Gasteiger partial charge is 0.191 e. The van der Waals surface area contributed by atoms with Gasteiger partial charge in [-0.2, -0.15) is 0 Å². The maximum Gasteiger partial charge on any atom is 0.191 e. The second kappa shape index (κ2) is 10.8. The van der Waals surface area contributed by atoms with Crippen LogP contribution in [0.2, 0.25) is 0 Å². The molecule has 1 aliphatic heterocycles. The van der Waals surface area contributed by atoms with E-state index in [1.807, 2.05) is 25.1 Å². The van der Waals surface area contributed by atoms with Crippen LogP contribution in [0.15, 0.2) is 23.2 Å². The quantitative estimate of drug-likeness (QED) is 0.340. The lowest BCUT2D eigenvalue weighted by molar-refractivity contribution is 0.354. The van der Waals surface area contributed by atoms with E-state index in [0.29, 0.717) is 42.7 Å². The molecule has 0 spiro atoms. The van der Waals surface area contributed by atoms with E-state index in [2.05, 4.69) is 15.6 Å². The molecule has 1 aromatic carbocycles. The average Bonchev–Trinajstić information content (AvgIpc) is 2.96. The molecule has 1 aromatic rings. The van der Waals surface area contributed by atoms with Gasteiger partial charge in [-0.25, -0.2) is 13.4 Å². The summed E-state index contributed by atoms with van der Waals surface area (Å²) in [6, 6.07) is 5.70. The van der Waals surface area contributed by atoms with Crippen molar-refractivity contribution in [2.45, 2.75) is 19.9 Å². The van der Waals surface area contributed by atoms with Crippen LogP contribution in [0.4, 0.5) is 0 Å². The first kappa shape index (κ1) is 22.8. The molecule has 0 amide bonds. The number of methoxy groups -OCH3 is 2. The van der Waals surface area contributed by atoms with Crippen LogP contribution in [0.3, 0.4) is 0 Å². The van der Waals surface area contributed by atoms with Gasteiger partial charge in [-0.3, -0.25) is 0 Å². The highest BCUT2D eigenvalue weighted by atomic mass is 127. The van der Waals surface area contributed by atoms with Gasteiger partial charge in [-0.05, 0) is 37.0 Å². The van der Waals surface area contributed by atoms with Crippen LogP contribution in [0.5, 0.6) is 11.5 Å². The summed E-state index contributed by atoms with van der Waals surface area (Å²) in [6.45, 7) is 3.82. The highest BCUT2D eigenvalue weighted by Gasteiger charge is 2.27. The Labute approximate surface area is 172 Å². The number of halogens is 1. The first-order valence-electron chi connectivity index (χ1n) is 8.41. The summed E-state index contributed by atoms with van der Waals surface area (Å²) in [4.78, 5) is 4.56. The van der Waals surface area contributed by atoms with Gasteiger partial charge in [-0.1, -0.05) is 6.07 Å². The van der Waals surface area contributed by atoms with E-state index in [0.717, 1.165) is 12.1 Å². The molecule has 1 unspecified atom stereocenters. The minimum atomic E-state index is -2.85. The molecular formula is C17H28IN3O4S. The molecule has 2 rings (SSSR count). The third-order valence-electron chi connectivity index (χ3n) is 4.10. The zero-order valence-corrected chi connectivity index (χ0v) is 18.6. The topological polar surface area (TPSA) is 89.0 Å². The zero-order chi connectivity index (χ0) is 18.3. The first-order valence-corrected chi connectivity index (χ1v) is 10.2. The van der Waals surface area contributed by atoms with Crippen molar-refractivity contribution < 1.29 is 17.9 Å². The van der Waals surface area contributed by atoms with Crippen molar-refractivity contribution in [3.05, 3.63) is 23.8 Å². The Hall–Kier alpha value is -1.23. The van der Waals surface area contributed by atoms with E-state index in [1.165, 1.54) is 0 Å². The zero-order valence-electron chi connectivity index (χ0n) is 15.4. The van der Waals surface area contributed by atoms with E-state index in [1.54, 1.807) is 14.2 Å². The second-order valence-corrected chi connectivity index (χ2v) is 8.26. The maximum atomic E-state index is 11.5. The number of hydrogen-bond donors (Lipinski definition) is 2. The van der Waals surface area contributed by atoms with Crippen molar-refractivity contribution in [3.8, 4) is 11.5 Å². The lowest BCUT2D eigenvalue weighted by atomic mass is 10.1. The third-order valence-corrected chi connectivity index (χ3v) is 5.93. The molecular weight excluding hydrogens is 469 g/mol. The summed E-state index contributed by atoms with van der Waals surface area (Å²) >= 11 is 0. The molecule has 9 heteroatoms. The third kappa shape index (κ3) is 6.82. The molecule has 0 radical (unpaired) electrons. The second-order valence-electron chi connectivity index (χ2n) is 6.03. The molecule has 1 atom stereocenters. The van der Waals surface area contributed by atoms with Crippen molar-refractivity contribution in [2.75, 3.05) is 38.8 Å². The van der Waals surface area contributed by atoms with E-state index < -0.39 is 9.84 Å². The van der Waals surface area contributed by atoms with Crippen LogP contribution in [-0.2, 0) is 16.4 Å². The van der Waals surface area contributed by atoms with Gasteiger partial charge in [0.15, 0.2) is 27.3 Å². The Kier molecular flexibility index (Phi) is 9.48. The molecule has 1 aliphatic rings. The van der Waals surface area contributed by atoms with Crippen LogP contribution in [0.25, 0.3) is 0 Å². The predicted molar refractivity (Wildman–Crippen MR) is 115 cm³/mol. The molecule has 1 saturated heterocycles. The largest absolute Gasteiger partial charge is 0.493 e. The van der Waals surface area contributed by atoms with Crippen LogP contribution >= 0.6 is 24.0 Å². The van der Waals surface area contributed by atoms with Gasteiger partial charge < -0.3 is 20.1 Å². The Bertz CT molecular complexity index is 710. The number of ether oxygens (including phenoxy) is 2. The molecule has 1 heterocycles. The average molecular weight is 497 g/mol. The highest BCUT2D eigenvalue weighted by molar-refractivity contribution is 14.0. The number of benzene rings is 1. The summed E-state index contributed by atoms with van der Waals surface area (Å²) in [5.74, 6) is 2.73. The van der Waals surface area contributed by atoms with E-state index in [9.17, 15) is 8.42 Å². The lowest BCUT2D eigenvalue weighted by Gasteiger charge is -2.14. The predicted octanol–water partition coefficient (Wildman–Crippen LogP) is 1.81. The standard InChI is InChI=1S/C17H27N3O4S.HI/c1-4-18-17(20-11-14-7-8-25(21,22)12-14)19-10-13-5-6-15(23-2)16(9-13)24-3;/h5-6,9,14H,4,7-8,10-12H2,1-3H3,(H2,18,19,20);1H. The molecule has 0 bridgehead atoms. The number of guanidine groups is 1. The molecule has 148 valence electrons. The van der Waals surface area contributed by atoms with Gasteiger partial charge in [0, 0.05) is 13.1 Å². The fourth-order valence-electron chi connectivity index (χ4n) is 2.77. The van der Waals surface area contributed by atoms with Gasteiger partial charge in [0.05, 0.1) is 32.3 Å². The van der Waals surface area contributed by atoms with Gasteiger partial charge >= 0.3 is 0 Å². The summed E-state index contributed by atoms with van der Waals surface area (Å²) < 4.78 is 33.6. The molecule has 7 nitrogen and oxygen atoms in total. The molecule has 0 saturated carbocycles. The SMILES string of the molecule is CCNC(=NCc1ccc(OC)c(OC)c1)NCC1CCS(=O)(=O)C1.I. The van der Waals surface area contributed by atoms with Gasteiger partial charge in [-0.15, -0.1) is 24.0 Å². The minimum Gasteiger partial charge on any atom is -0.493 e. The van der Waals surface area contributed by atoms with Crippen LogP contribution in [-0.4, -0.2) is 53.2 Å². The van der Waals surface area contributed by atoms with E-state index in [-0.39, 0.29) is 35.6 Å². The fourth-order valence-corrected chi connectivity index (χ4v) is 4.63. The molecule has 26 heavy (non-hydrogen) atoms. The van der Waals surface area contributed by atoms with Crippen LogP contribution < -0.4 is 20.1 Å². The number of rotatable bonds is 7. The monoisotopic (exact) mass is 497 g/mol.